The quantitative estimate of drug-likeness (QED) is 0.937. The fourth-order valence-electron chi connectivity index (χ4n) is 1.46. The summed E-state index contributed by atoms with van der Waals surface area (Å²) < 4.78 is 42.2. The van der Waals surface area contributed by atoms with Gasteiger partial charge in [-0.3, -0.25) is 4.79 Å². The number of likely N-dealkylation sites (N-methyl/N-ethyl adjacent to an activating group) is 1. The third-order valence-electron chi connectivity index (χ3n) is 2.38. The Morgan fingerprint density at radius 1 is 1.52 bits per heavy atom. The fraction of sp³-hybridized carbons (Fsp3) is 0.364. The van der Waals surface area contributed by atoms with E-state index in [0.29, 0.717) is 17.1 Å². The van der Waals surface area contributed by atoms with E-state index in [0.717, 1.165) is 6.20 Å². The molecule has 0 atom stereocenters. The minimum Gasteiger partial charge on any atom is -0.360 e. The number of hydrogen-bond donors (Lipinski definition) is 1. The molecule has 0 spiro atoms. The minimum absolute atomic E-state index is 0.105. The molecule has 6 nitrogen and oxygen atoms in total. The number of aromatic nitrogens is 2. The Morgan fingerprint density at radius 3 is 2.76 bits per heavy atom. The first-order chi connectivity index (χ1) is 9.75. The van der Waals surface area contributed by atoms with E-state index in [2.05, 4.69) is 15.5 Å². The van der Waals surface area contributed by atoms with E-state index in [9.17, 15) is 18.0 Å². The number of thiazole rings is 1. The lowest BCUT2D eigenvalue weighted by Gasteiger charge is -2.14. The van der Waals surface area contributed by atoms with Crippen molar-refractivity contribution in [2.75, 3.05) is 23.8 Å². The van der Waals surface area contributed by atoms with Gasteiger partial charge >= 0.3 is 6.18 Å². The van der Waals surface area contributed by atoms with Crippen LogP contribution in [0.25, 0.3) is 0 Å². The van der Waals surface area contributed by atoms with Crippen molar-refractivity contribution in [1.82, 2.24) is 10.1 Å². The zero-order valence-electron chi connectivity index (χ0n) is 11.1. The van der Waals surface area contributed by atoms with Gasteiger partial charge in [-0.15, -0.1) is 0 Å². The highest BCUT2D eigenvalue weighted by atomic mass is 32.1. The maximum absolute atomic E-state index is 12.5. The average Bonchev–Trinajstić information content (AvgIpc) is 2.97. The maximum Gasteiger partial charge on any atom is 0.427 e. The molecule has 0 aliphatic rings. The molecule has 0 aliphatic heterocycles. The van der Waals surface area contributed by atoms with Gasteiger partial charge in [-0.25, -0.2) is 4.98 Å². The molecule has 0 saturated carbocycles. The van der Waals surface area contributed by atoms with Crippen molar-refractivity contribution < 1.29 is 22.5 Å². The molecule has 1 amide bonds. The molecule has 10 heteroatoms. The van der Waals surface area contributed by atoms with Gasteiger partial charge < -0.3 is 14.7 Å². The first kappa shape index (κ1) is 15.3. The van der Waals surface area contributed by atoms with E-state index in [1.54, 1.807) is 6.92 Å². The number of anilines is 2. The molecule has 2 aromatic heterocycles. The molecule has 2 aromatic rings. The molecule has 21 heavy (non-hydrogen) atoms. The summed E-state index contributed by atoms with van der Waals surface area (Å²) >= 11 is 0.476. The molecular weight excluding hydrogens is 309 g/mol. The second-order valence-corrected chi connectivity index (χ2v) is 5.24. The van der Waals surface area contributed by atoms with Crippen molar-refractivity contribution in [3.63, 3.8) is 0 Å². The average molecular weight is 320 g/mol. The van der Waals surface area contributed by atoms with Crippen molar-refractivity contribution in [2.24, 2.45) is 0 Å². The smallest absolute Gasteiger partial charge is 0.360 e. The van der Waals surface area contributed by atoms with Crippen molar-refractivity contribution in [3.8, 4) is 0 Å². The number of hydrogen-bond acceptors (Lipinski definition) is 6. The van der Waals surface area contributed by atoms with Gasteiger partial charge in [-0.2, -0.15) is 13.2 Å². The predicted molar refractivity (Wildman–Crippen MR) is 70.3 cm³/mol. The molecular formula is C11H11F3N4O2S. The van der Waals surface area contributed by atoms with E-state index in [1.807, 2.05) is 0 Å². The van der Waals surface area contributed by atoms with E-state index in [1.165, 1.54) is 18.0 Å². The van der Waals surface area contributed by atoms with Gasteiger partial charge in [-0.05, 0) is 6.92 Å². The van der Waals surface area contributed by atoms with Crippen LogP contribution in [0.2, 0.25) is 0 Å². The number of alkyl halides is 3. The van der Waals surface area contributed by atoms with Gasteiger partial charge in [0.15, 0.2) is 10.9 Å². The number of halogens is 3. The fourth-order valence-corrected chi connectivity index (χ4v) is 2.21. The zero-order valence-corrected chi connectivity index (χ0v) is 11.9. The highest BCUT2D eigenvalue weighted by Crippen LogP contribution is 2.35. The van der Waals surface area contributed by atoms with Crippen LogP contribution in [-0.2, 0) is 11.0 Å². The number of nitrogens with zero attached hydrogens (tertiary/aromatic N) is 3. The minimum atomic E-state index is -4.43. The molecule has 2 rings (SSSR count). The lowest BCUT2D eigenvalue weighted by atomic mass is 10.4. The second kappa shape index (κ2) is 5.72. The molecule has 1 N–H and O–H groups in total. The summed E-state index contributed by atoms with van der Waals surface area (Å²) in [5.41, 5.74) is 0. The third-order valence-corrected chi connectivity index (χ3v) is 3.53. The molecule has 0 saturated heterocycles. The maximum atomic E-state index is 12.5. The van der Waals surface area contributed by atoms with Gasteiger partial charge in [0.2, 0.25) is 5.91 Å². The Labute approximate surface area is 121 Å². The van der Waals surface area contributed by atoms with Gasteiger partial charge in [0, 0.05) is 13.1 Å². The Hall–Kier alpha value is -2.10. The van der Waals surface area contributed by atoms with E-state index < -0.39 is 17.0 Å². The lowest BCUT2D eigenvalue weighted by Crippen LogP contribution is -2.30. The second-order valence-electron chi connectivity index (χ2n) is 4.23. The Balaban J connectivity index is 1.96. The predicted octanol–water partition coefficient (Wildman–Crippen LogP) is 2.53. The van der Waals surface area contributed by atoms with Crippen molar-refractivity contribution >= 4 is 28.2 Å². The first-order valence-electron chi connectivity index (χ1n) is 5.73. The van der Waals surface area contributed by atoms with E-state index in [4.69, 9.17) is 4.52 Å². The van der Waals surface area contributed by atoms with E-state index >= 15 is 0 Å². The van der Waals surface area contributed by atoms with Crippen LogP contribution < -0.4 is 10.2 Å². The Morgan fingerprint density at radius 2 is 2.24 bits per heavy atom. The molecule has 0 bridgehead atoms. The van der Waals surface area contributed by atoms with Gasteiger partial charge in [0.25, 0.3) is 0 Å². The summed E-state index contributed by atoms with van der Waals surface area (Å²) in [4.78, 5) is 15.9. The van der Waals surface area contributed by atoms with Gasteiger partial charge in [0.1, 0.15) is 10.6 Å². The topological polar surface area (TPSA) is 71.3 Å². The van der Waals surface area contributed by atoms with Crippen LogP contribution in [0.5, 0.6) is 0 Å². The summed E-state index contributed by atoms with van der Waals surface area (Å²) in [5, 5.41) is 6.16. The zero-order chi connectivity index (χ0) is 15.6. The van der Waals surface area contributed by atoms with Crippen LogP contribution in [0.4, 0.5) is 24.1 Å². The molecule has 114 valence electrons. The number of nitrogens with one attached hydrogen (secondary N) is 1. The van der Waals surface area contributed by atoms with Crippen LogP contribution in [-0.4, -0.2) is 29.6 Å². The van der Waals surface area contributed by atoms with Crippen molar-refractivity contribution in [1.29, 1.82) is 0 Å². The molecule has 0 aliphatic carbocycles. The van der Waals surface area contributed by atoms with Crippen LogP contribution in [0, 0.1) is 6.92 Å². The van der Waals surface area contributed by atoms with Crippen molar-refractivity contribution in [3.05, 3.63) is 22.9 Å². The SMILES string of the molecule is Cc1cc(NC(=O)CN(C)c2ncc(C(F)(F)F)s2)no1. The lowest BCUT2D eigenvalue weighted by molar-refractivity contribution is -0.134. The van der Waals surface area contributed by atoms with Crippen LogP contribution in [0.1, 0.15) is 10.6 Å². The number of aryl methyl sites for hydroxylation is 1. The number of amides is 1. The molecule has 0 radical (unpaired) electrons. The summed E-state index contributed by atoms with van der Waals surface area (Å²) in [6.07, 6.45) is -3.69. The molecule has 0 aromatic carbocycles. The highest BCUT2D eigenvalue weighted by Gasteiger charge is 2.33. The monoisotopic (exact) mass is 320 g/mol. The standard InChI is InChI=1S/C11H11F3N4O2S/c1-6-3-8(17-20-6)16-9(19)5-18(2)10-15-4-7(21-10)11(12,13)14/h3-4H,5H2,1-2H3,(H,16,17,19). The Kier molecular flexibility index (Phi) is 4.16. The van der Waals surface area contributed by atoms with Crippen LogP contribution >= 0.6 is 11.3 Å². The van der Waals surface area contributed by atoms with Crippen LogP contribution in [0.15, 0.2) is 16.8 Å². The largest absolute Gasteiger partial charge is 0.427 e. The summed E-state index contributed by atoms with van der Waals surface area (Å²) in [6, 6.07) is 1.53. The normalized spacial score (nSPS) is 11.5. The summed E-state index contributed by atoms with van der Waals surface area (Å²) in [7, 11) is 1.48. The van der Waals surface area contributed by atoms with Gasteiger partial charge in [0.05, 0.1) is 12.7 Å². The third kappa shape index (κ3) is 3.94. The molecule has 0 fully saturated rings. The number of carbonyl (C=O) groups excluding carboxylic acids is 1. The van der Waals surface area contributed by atoms with Crippen molar-refractivity contribution in [2.45, 2.75) is 13.1 Å². The summed E-state index contributed by atoms with van der Waals surface area (Å²) in [6.45, 7) is 1.51. The summed E-state index contributed by atoms with van der Waals surface area (Å²) in [5.74, 6) is 0.351. The van der Waals surface area contributed by atoms with Crippen LogP contribution in [0.3, 0.4) is 0 Å². The highest BCUT2D eigenvalue weighted by molar-refractivity contribution is 7.15. The number of rotatable bonds is 4. The molecule has 0 unspecified atom stereocenters. The van der Waals surface area contributed by atoms with E-state index in [-0.39, 0.29) is 17.5 Å². The number of carbonyl (C=O) groups is 1. The molecule has 2 heterocycles. The Bertz CT molecular complexity index is 637. The first-order valence-corrected chi connectivity index (χ1v) is 6.54. The van der Waals surface area contributed by atoms with Gasteiger partial charge in [-0.1, -0.05) is 16.5 Å².